The normalized spacial score (nSPS) is 23.5. The second-order valence-corrected chi connectivity index (χ2v) is 8.47. The number of hydrogen-bond donors (Lipinski definition) is 1. The first-order valence-corrected chi connectivity index (χ1v) is 8.54. The average molecular weight is 318 g/mol. The summed E-state index contributed by atoms with van der Waals surface area (Å²) in [7, 11) is -2.22. The zero-order valence-corrected chi connectivity index (χ0v) is 13.1. The molecule has 2 rings (SSSR count). The molecule has 1 N–H and O–H groups in total. The SMILES string of the molecule is CN(CC(=O)N1CCC(C)(O)C1)S(=O)(=O)c1cccs1. The Labute approximate surface area is 122 Å². The largest absolute Gasteiger partial charge is 0.388 e. The number of carbonyl (C=O) groups excluding carboxylic acids is 1. The molecule has 0 bridgehead atoms. The van der Waals surface area contributed by atoms with E-state index in [0.717, 1.165) is 15.6 Å². The van der Waals surface area contributed by atoms with Crippen LogP contribution in [0.25, 0.3) is 0 Å². The average Bonchev–Trinajstić information content (AvgIpc) is 2.97. The van der Waals surface area contributed by atoms with E-state index >= 15 is 0 Å². The van der Waals surface area contributed by atoms with Crippen LogP contribution in [0.5, 0.6) is 0 Å². The minimum Gasteiger partial charge on any atom is -0.388 e. The highest BCUT2D eigenvalue weighted by Gasteiger charge is 2.35. The van der Waals surface area contributed by atoms with Crippen LogP contribution in [0.1, 0.15) is 13.3 Å². The van der Waals surface area contributed by atoms with Gasteiger partial charge < -0.3 is 10.0 Å². The molecule has 1 amide bonds. The molecule has 8 heteroatoms. The first kappa shape index (κ1) is 15.4. The lowest BCUT2D eigenvalue weighted by atomic mass is 10.1. The zero-order chi connectivity index (χ0) is 15.0. The maximum Gasteiger partial charge on any atom is 0.252 e. The van der Waals surface area contributed by atoms with Gasteiger partial charge in [0.25, 0.3) is 10.0 Å². The van der Waals surface area contributed by atoms with Crippen molar-refractivity contribution in [3.05, 3.63) is 17.5 Å². The molecule has 0 spiro atoms. The Morgan fingerprint density at radius 1 is 1.60 bits per heavy atom. The van der Waals surface area contributed by atoms with Gasteiger partial charge in [0.2, 0.25) is 5.91 Å². The number of sulfonamides is 1. The molecule has 0 aliphatic carbocycles. The molecule has 112 valence electrons. The third-order valence-corrected chi connectivity index (χ3v) is 6.50. The van der Waals surface area contributed by atoms with Crippen molar-refractivity contribution in [3.63, 3.8) is 0 Å². The monoisotopic (exact) mass is 318 g/mol. The van der Waals surface area contributed by atoms with Gasteiger partial charge in [-0.1, -0.05) is 6.07 Å². The molecule has 1 saturated heterocycles. The van der Waals surface area contributed by atoms with E-state index in [4.69, 9.17) is 0 Å². The van der Waals surface area contributed by atoms with Crippen LogP contribution < -0.4 is 0 Å². The summed E-state index contributed by atoms with van der Waals surface area (Å²) < 4.78 is 25.6. The quantitative estimate of drug-likeness (QED) is 0.869. The number of likely N-dealkylation sites (N-methyl/N-ethyl adjacent to an activating group) is 1. The van der Waals surface area contributed by atoms with Crippen molar-refractivity contribution < 1.29 is 18.3 Å². The molecule has 1 atom stereocenters. The molecule has 2 heterocycles. The Hall–Kier alpha value is -0.960. The molecule has 0 saturated carbocycles. The van der Waals surface area contributed by atoms with Crippen LogP contribution in [-0.2, 0) is 14.8 Å². The van der Waals surface area contributed by atoms with Gasteiger partial charge in [-0.15, -0.1) is 11.3 Å². The summed E-state index contributed by atoms with van der Waals surface area (Å²) in [6.45, 7) is 2.17. The molecular formula is C12H18N2O4S2. The van der Waals surface area contributed by atoms with Crippen LogP contribution in [0.2, 0.25) is 0 Å². The van der Waals surface area contributed by atoms with Gasteiger partial charge >= 0.3 is 0 Å². The molecule has 1 aliphatic rings. The van der Waals surface area contributed by atoms with Gasteiger partial charge in [0.05, 0.1) is 12.1 Å². The highest BCUT2D eigenvalue weighted by Crippen LogP contribution is 2.22. The van der Waals surface area contributed by atoms with Crippen molar-refractivity contribution in [1.82, 2.24) is 9.21 Å². The molecule has 1 aliphatic heterocycles. The Balaban J connectivity index is 2.02. The van der Waals surface area contributed by atoms with Crippen molar-refractivity contribution in [3.8, 4) is 0 Å². The summed E-state index contributed by atoms with van der Waals surface area (Å²) >= 11 is 1.12. The fourth-order valence-corrected chi connectivity index (χ4v) is 4.42. The predicted octanol–water partition coefficient (Wildman–Crippen LogP) is 0.352. The smallest absolute Gasteiger partial charge is 0.252 e. The number of hydrogen-bond acceptors (Lipinski definition) is 5. The second-order valence-electron chi connectivity index (χ2n) is 5.26. The van der Waals surface area contributed by atoms with Gasteiger partial charge in [-0.3, -0.25) is 4.79 Å². The molecule has 0 radical (unpaired) electrons. The summed E-state index contributed by atoms with van der Waals surface area (Å²) in [5.74, 6) is -0.287. The molecule has 1 aromatic heterocycles. The summed E-state index contributed by atoms with van der Waals surface area (Å²) in [5, 5.41) is 11.5. The Kier molecular flexibility index (Phi) is 4.19. The molecule has 6 nitrogen and oxygen atoms in total. The molecule has 1 aromatic rings. The third kappa shape index (κ3) is 3.20. The fraction of sp³-hybridized carbons (Fsp3) is 0.583. The first-order valence-electron chi connectivity index (χ1n) is 6.22. The van der Waals surface area contributed by atoms with Crippen molar-refractivity contribution >= 4 is 27.3 Å². The number of thiophene rings is 1. The van der Waals surface area contributed by atoms with E-state index in [2.05, 4.69) is 0 Å². The van der Waals surface area contributed by atoms with Crippen molar-refractivity contribution in [2.75, 3.05) is 26.7 Å². The number of rotatable bonds is 4. The lowest BCUT2D eigenvalue weighted by Crippen LogP contribution is -2.41. The van der Waals surface area contributed by atoms with E-state index in [1.54, 1.807) is 18.4 Å². The van der Waals surface area contributed by atoms with Crippen molar-refractivity contribution in [1.29, 1.82) is 0 Å². The topological polar surface area (TPSA) is 77.9 Å². The maximum absolute atomic E-state index is 12.2. The van der Waals surface area contributed by atoms with E-state index in [1.165, 1.54) is 18.0 Å². The van der Waals surface area contributed by atoms with Gasteiger partial charge in [0, 0.05) is 20.1 Å². The number of nitrogens with zero attached hydrogens (tertiary/aromatic N) is 2. The lowest BCUT2D eigenvalue weighted by molar-refractivity contribution is -0.131. The van der Waals surface area contributed by atoms with Crippen LogP contribution in [-0.4, -0.2) is 60.9 Å². The summed E-state index contributed by atoms with van der Waals surface area (Å²) in [6, 6.07) is 3.17. The number of β-amino-alcohol motifs (C(OH)–C–C–N with tert-alkyl or cyclic N) is 1. The molecule has 0 aromatic carbocycles. The summed E-state index contributed by atoms with van der Waals surface area (Å²) in [5.41, 5.74) is -0.874. The van der Waals surface area contributed by atoms with Gasteiger partial charge in [0.15, 0.2) is 0 Å². The van der Waals surface area contributed by atoms with Crippen LogP contribution in [0, 0.1) is 0 Å². The number of amides is 1. The van der Waals surface area contributed by atoms with E-state index in [-0.39, 0.29) is 23.2 Å². The minimum absolute atomic E-state index is 0.212. The number of carbonyl (C=O) groups is 1. The number of aliphatic hydroxyl groups is 1. The first-order chi connectivity index (χ1) is 9.22. The molecule has 20 heavy (non-hydrogen) atoms. The maximum atomic E-state index is 12.2. The highest BCUT2D eigenvalue weighted by atomic mass is 32.2. The van der Waals surface area contributed by atoms with Gasteiger partial charge in [-0.2, -0.15) is 4.31 Å². The molecule has 1 fully saturated rings. The third-order valence-electron chi connectivity index (χ3n) is 3.32. The van der Waals surface area contributed by atoms with Crippen LogP contribution in [0.4, 0.5) is 0 Å². The van der Waals surface area contributed by atoms with E-state index in [9.17, 15) is 18.3 Å². The standard InChI is InChI=1S/C12H18N2O4S2/c1-12(16)5-6-14(9-12)10(15)8-13(2)20(17,18)11-4-3-7-19-11/h3-4,7,16H,5-6,8-9H2,1-2H3. The Morgan fingerprint density at radius 2 is 2.30 bits per heavy atom. The van der Waals surface area contributed by atoms with Crippen molar-refractivity contribution in [2.45, 2.75) is 23.2 Å². The molecular weight excluding hydrogens is 300 g/mol. The van der Waals surface area contributed by atoms with Gasteiger partial charge in [0.1, 0.15) is 4.21 Å². The molecule has 1 unspecified atom stereocenters. The van der Waals surface area contributed by atoms with Crippen LogP contribution >= 0.6 is 11.3 Å². The summed E-state index contributed by atoms with van der Waals surface area (Å²) in [4.78, 5) is 13.6. The van der Waals surface area contributed by atoms with E-state index < -0.39 is 15.6 Å². The van der Waals surface area contributed by atoms with Gasteiger partial charge in [-0.25, -0.2) is 8.42 Å². The van der Waals surface area contributed by atoms with Gasteiger partial charge in [-0.05, 0) is 24.8 Å². The summed E-state index contributed by atoms with van der Waals surface area (Å²) in [6.07, 6.45) is 0.514. The van der Waals surface area contributed by atoms with Crippen LogP contribution in [0.3, 0.4) is 0 Å². The fourth-order valence-electron chi connectivity index (χ4n) is 2.10. The predicted molar refractivity (Wildman–Crippen MR) is 76.0 cm³/mol. The van der Waals surface area contributed by atoms with E-state index in [1.807, 2.05) is 0 Å². The second kappa shape index (κ2) is 5.44. The lowest BCUT2D eigenvalue weighted by Gasteiger charge is -2.22. The van der Waals surface area contributed by atoms with E-state index in [0.29, 0.717) is 13.0 Å². The number of likely N-dealkylation sites (tertiary alicyclic amines) is 1. The Bertz CT molecular complexity index is 581. The van der Waals surface area contributed by atoms with Crippen molar-refractivity contribution in [2.24, 2.45) is 0 Å². The zero-order valence-electron chi connectivity index (χ0n) is 11.4. The Morgan fingerprint density at radius 3 is 2.80 bits per heavy atom. The highest BCUT2D eigenvalue weighted by molar-refractivity contribution is 7.91. The minimum atomic E-state index is -3.61. The van der Waals surface area contributed by atoms with Crippen LogP contribution in [0.15, 0.2) is 21.7 Å².